The zero-order valence-electron chi connectivity index (χ0n) is 4.07. The first-order chi connectivity index (χ1) is 4.11. The van der Waals surface area contributed by atoms with Gasteiger partial charge >= 0.3 is 6.18 Å². The van der Waals surface area contributed by atoms with E-state index in [9.17, 15) is 13.2 Å². The smallest absolute Gasteiger partial charge is 0.352 e. The van der Waals surface area contributed by atoms with E-state index in [1.807, 2.05) is 6.26 Å². The lowest BCUT2D eigenvalue weighted by Crippen LogP contribution is -2.04. The standard InChI is InChI=1S/C4HF3NO/c5-4(6,7)3-1-2-9-8-3/h1H. The van der Waals surface area contributed by atoms with Crippen LogP contribution in [0.2, 0.25) is 0 Å². The van der Waals surface area contributed by atoms with Crippen molar-refractivity contribution in [3.8, 4) is 0 Å². The summed E-state index contributed by atoms with van der Waals surface area (Å²) in [6.45, 7) is 0. The third-order valence-electron chi connectivity index (χ3n) is 0.683. The van der Waals surface area contributed by atoms with Gasteiger partial charge in [0.25, 0.3) is 0 Å². The Hall–Kier alpha value is -1.00. The van der Waals surface area contributed by atoms with Gasteiger partial charge in [-0.25, -0.2) is 0 Å². The molecule has 0 saturated heterocycles. The van der Waals surface area contributed by atoms with Crippen molar-refractivity contribution in [1.82, 2.24) is 5.16 Å². The quantitative estimate of drug-likeness (QED) is 0.540. The Balaban J connectivity index is 2.90. The lowest BCUT2D eigenvalue weighted by atomic mass is 10.4. The number of hydrogen-bond donors (Lipinski definition) is 0. The Bertz CT molecular complexity index is 178. The first-order valence-electron chi connectivity index (χ1n) is 2.00. The third-order valence-corrected chi connectivity index (χ3v) is 0.683. The molecule has 5 heteroatoms. The van der Waals surface area contributed by atoms with Gasteiger partial charge in [-0.15, -0.1) is 0 Å². The van der Waals surface area contributed by atoms with Crippen LogP contribution in [0.5, 0.6) is 0 Å². The van der Waals surface area contributed by atoms with Crippen molar-refractivity contribution in [2.75, 3.05) is 0 Å². The molecule has 0 aliphatic rings. The number of hydrogen-bond acceptors (Lipinski definition) is 2. The highest BCUT2D eigenvalue weighted by atomic mass is 19.4. The second-order valence-corrected chi connectivity index (χ2v) is 1.33. The van der Waals surface area contributed by atoms with E-state index < -0.39 is 11.9 Å². The Labute approximate surface area is 48.3 Å². The lowest BCUT2D eigenvalue weighted by molar-refractivity contribution is -0.142. The van der Waals surface area contributed by atoms with Crippen molar-refractivity contribution in [2.45, 2.75) is 6.18 Å². The normalized spacial score (nSPS) is 11.9. The van der Waals surface area contributed by atoms with E-state index in [1.54, 1.807) is 0 Å². The van der Waals surface area contributed by atoms with Gasteiger partial charge in [-0.1, -0.05) is 5.16 Å². The lowest BCUT2D eigenvalue weighted by Gasteiger charge is -1.96. The van der Waals surface area contributed by atoms with Gasteiger partial charge in [0, 0.05) is 6.07 Å². The molecule has 0 amide bonds. The van der Waals surface area contributed by atoms with Gasteiger partial charge in [0.2, 0.25) is 6.26 Å². The number of rotatable bonds is 0. The van der Waals surface area contributed by atoms with Crippen LogP contribution in [-0.2, 0) is 6.18 Å². The molecule has 9 heavy (non-hydrogen) atoms. The molecule has 1 aromatic rings. The van der Waals surface area contributed by atoms with Gasteiger partial charge in [-0.05, 0) is 0 Å². The summed E-state index contributed by atoms with van der Waals surface area (Å²) in [5, 5.41) is 2.63. The van der Waals surface area contributed by atoms with Gasteiger partial charge in [-0.3, -0.25) is 0 Å². The Kier molecular flexibility index (Phi) is 1.19. The average molecular weight is 136 g/mol. The predicted octanol–water partition coefficient (Wildman–Crippen LogP) is 1.49. The largest absolute Gasteiger partial charge is 0.436 e. The third kappa shape index (κ3) is 1.22. The van der Waals surface area contributed by atoms with Crippen molar-refractivity contribution < 1.29 is 17.7 Å². The molecule has 0 unspecified atom stereocenters. The maximum absolute atomic E-state index is 11.5. The molecule has 1 rings (SSSR count). The van der Waals surface area contributed by atoms with Crippen LogP contribution in [0.15, 0.2) is 10.6 Å². The molecule has 0 saturated carbocycles. The van der Waals surface area contributed by atoms with Crippen molar-refractivity contribution in [3.05, 3.63) is 18.0 Å². The molecule has 0 aromatic carbocycles. The molecule has 1 aromatic heterocycles. The van der Waals surface area contributed by atoms with Gasteiger partial charge < -0.3 is 4.52 Å². The Morgan fingerprint density at radius 3 is 2.44 bits per heavy atom. The number of alkyl halides is 3. The van der Waals surface area contributed by atoms with E-state index in [2.05, 4.69) is 9.68 Å². The van der Waals surface area contributed by atoms with Crippen LogP contribution in [0.3, 0.4) is 0 Å². The Morgan fingerprint density at radius 2 is 2.22 bits per heavy atom. The van der Waals surface area contributed by atoms with Crippen molar-refractivity contribution in [2.24, 2.45) is 0 Å². The fourth-order valence-electron chi connectivity index (χ4n) is 0.318. The fraction of sp³-hybridized carbons (Fsp3) is 0.250. The number of aromatic nitrogens is 1. The molecule has 2 nitrogen and oxygen atoms in total. The first kappa shape index (κ1) is 6.12. The minimum Gasteiger partial charge on any atom is -0.352 e. The average Bonchev–Trinajstić information content (AvgIpc) is 2.08. The second-order valence-electron chi connectivity index (χ2n) is 1.33. The summed E-state index contributed by atoms with van der Waals surface area (Å²) in [4.78, 5) is 0. The maximum Gasteiger partial charge on any atom is 0.436 e. The van der Waals surface area contributed by atoms with E-state index in [-0.39, 0.29) is 0 Å². The highest BCUT2D eigenvalue weighted by Gasteiger charge is 2.33. The van der Waals surface area contributed by atoms with E-state index in [4.69, 9.17) is 0 Å². The molecular weight excluding hydrogens is 135 g/mol. The molecule has 0 atom stereocenters. The number of nitrogens with zero attached hydrogens (tertiary/aromatic N) is 1. The van der Waals surface area contributed by atoms with E-state index in [0.29, 0.717) is 6.07 Å². The summed E-state index contributed by atoms with van der Waals surface area (Å²) < 4.78 is 38.3. The molecule has 1 radical (unpaired) electrons. The topological polar surface area (TPSA) is 26.0 Å². The van der Waals surface area contributed by atoms with Crippen LogP contribution < -0.4 is 0 Å². The van der Waals surface area contributed by atoms with E-state index in [1.165, 1.54) is 0 Å². The highest BCUT2D eigenvalue weighted by Crippen LogP contribution is 2.26. The molecule has 0 spiro atoms. The summed E-state index contributed by atoms with van der Waals surface area (Å²) in [5.41, 5.74) is -1.05. The molecule has 0 fully saturated rings. The van der Waals surface area contributed by atoms with Gasteiger partial charge in [0.15, 0.2) is 5.69 Å². The fourth-order valence-corrected chi connectivity index (χ4v) is 0.318. The molecule has 1 heterocycles. The number of halogens is 3. The van der Waals surface area contributed by atoms with Crippen LogP contribution in [0.4, 0.5) is 13.2 Å². The molecule has 0 aliphatic carbocycles. The molecule has 0 aliphatic heterocycles. The van der Waals surface area contributed by atoms with Gasteiger partial charge in [-0.2, -0.15) is 13.2 Å². The van der Waals surface area contributed by atoms with E-state index >= 15 is 0 Å². The zero-order valence-corrected chi connectivity index (χ0v) is 4.07. The first-order valence-corrected chi connectivity index (χ1v) is 2.00. The minimum absolute atomic E-state index is 0.639. The molecule has 49 valence electrons. The SMILES string of the molecule is FC(F)(F)c1c[c]on1. The maximum atomic E-state index is 11.5. The summed E-state index contributed by atoms with van der Waals surface area (Å²) in [5.74, 6) is 0. The van der Waals surface area contributed by atoms with Gasteiger partial charge in [0.1, 0.15) is 0 Å². The van der Waals surface area contributed by atoms with Crippen LogP contribution in [-0.4, -0.2) is 5.16 Å². The molecule has 0 bridgehead atoms. The minimum atomic E-state index is -4.41. The zero-order chi connectivity index (χ0) is 6.91. The van der Waals surface area contributed by atoms with Crippen molar-refractivity contribution in [3.63, 3.8) is 0 Å². The molecular formula is C4HF3NO. The van der Waals surface area contributed by atoms with Crippen LogP contribution in [0.25, 0.3) is 0 Å². The van der Waals surface area contributed by atoms with Gasteiger partial charge in [0.05, 0.1) is 0 Å². The Morgan fingerprint density at radius 1 is 1.56 bits per heavy atom. The summed E-state index contributed by atoms with van der Waals surface area (Å²) in [6, 6.07) is 0.639. The van der Waals surface area contributed by atoms with Crippen molar-refractivity contribution >= 4 is 0 Å². The monoisotopic (exact) mass is 136 g/mol. The highest BCUT2D eigenvalue weighted by molar-refractivity contribution is 4.98. The second kappa shape index (κ2) is 1.75. The summed E-state index contributed by atoms with van der Waals surface area (Å²) >= 11 is 0. The predicted molar refractivity (Wildman–Crippen MR) is 20.3 cm³/mol. The van der Waals surface area contributed by atoms with Crippen molar-refractivity contribution in [1.29, 1.82) is 0 Å². The van der Waals surface area contributed by atoms with Crippen LogP contribution >= 0.6 is 0 Å². The summed E-state index contributed by atoms with van der Waals surface area (Å²) in [6.07, 6.45) is -2.58. The summed E-state index contributed by atoms with van der Waals surface area (Å²) in [7, 11) is 0. The van der Waals surface area contributed by atoms with E-state index in [0.717, 1.165) is 0 Å². The van der Waals surface area contributed by atoms with Crippen LogP contribution in [0, 0.1) is 6.26 Å². The van der Waals surface area contributed by atoms with Crippen LogP contribution in [0.1, 0.15) is 5.69 Å². The molecule has 0 N–H and O–H groups in total.